The first-order chi connectivity index (χ1) is 16.6. The maximum atomic E-state index is 14.2. The van der Waals surface area contributed by atoms with Crippen LogP contribution in [0.15, 0.2) is 89.8 Å². The number of carbonyl (C=O) groups is 1. The first-order valence-electron chi connectivity index (χ1n) is 12.0. The fourth-order valence-corrected chi connectivity index (χ4v) is 9.49. The van der Waals surface area contributed by atoms with Crippen molar-refractivity contribution in [2.45, 2.75) is 54.8 Å². The molecule has 0 aromatic heterocycles. The molecule has 0 spiro atoms. The van der Waals surface area contributed by atoms with Gasteiger partial charge in [-0.25, -0.2) is 0 Å². The lowest BCUT2D eigenvalue weighted by atomic mass is 9.78. The summed E-state index contributed by atoms with van der Waals surface area (Å²) in [5, 5.41) is 11.2. The van der Waals surface area contributed by atoms with Gasteiger partial charge >= 0.3 is 5.97 Å². The highest BCUT2D eigenvalue weighted by Crippen LogP contribution is 2.43. The number of hydrogen-bond acceptors (Lipinski definition) is 4. The molecule has 1 N–H and O–H groups in total. The molecule has 4 nitrogen and oxygen atoms in total. The van der Waals surface area contributed by atoms with E-state index in [-0.39, 0.29) is 5.25 Å². The number of carbonyl (C=O) groups excluding carboxylic acids is 1. The second-order valence-corrected chi connectivity index (χ2v) is 17.5. The molecule has 0 amide bonds. The van der Waals surface area contributed by atoms with Crippen molar-refractivity contribution in [3.63, 3.8) is 0 Å². The number of esters is 1. The molecule has 186 valence electrons. The van der Waals surface area contributed by atoms with E-state index >= 15 is 0 Å². The van der Waals surface area contributed by atoms with Crippen LogP contribution >= 0.6 is 0 Å². The van der Waals surface area contributed by atoms with Gasteiger partial charge < -0.3 is 9.84 Å². The molecule has 3 aromatic rings. The molecule has 0 bridgehead atoms. The third-order valence-corrected chi connectivity index (χ3v) is 9.98. The van der Waals surface area contributed by atoms with E-state index in [2.05, 4.69) is 19.6 Å². The summed E-state index contributed by atoms with van der Waals surface area (Å²) >= 11 is 0. The second-order valence-electron chi connectivity index (χ2n) is 10.3. The van der Waals surface area contributed by atoms with Gasteiger partial charge in [0.05, 0.1) is 29.9 Å². The van der Waals surface area contributed by atoms with Crippen LogP contribution in [-0.4, -0.2) is 35.7 Å². The monoisotopic (exact) mass is 508 g/mol. The molecule has 6 heteroatoms. The topological polar surface area (TPSA) is 63.6 Å². The maximum Gasteiger partial charge on any atom is 0.312 e. The number of aliphatic hydroxyl groups excluding tert-OH is 1. The highest BCUT2D eigenvalue weighted by molar-refractivity contribution is 7.85. The summed E-state index contributed by atoms with van der Waals surface area (Å²) in [4.78, 5) is 14.1. The Labute approximate surface area is 212 Å². The van der Waals surface area contributed by atoms with Crippen molar-refractivity contribution in [2.24, 2.45) is 5.92 Å². The molecule has 0 aliphatic rings. The van der Waals surface area contributed by atoms with Crippen LogP contribution < -0.4 is 0 Å². The molecule has 0 fully saturated rings. The van der Waals surface area contributed by atoms with Crippen molar-refractivity contribution >= 4 is 24.8 Å². The lowest BCUT2D eigenvalue weighted by Crippen LogP contribution is -2.41. The Morgan fingerprint density at radius 3 is 1.89 bits per heavy atom. The highest BCUT2D eigenvalue weighted by Gasteiger charge is 2.45. The maximum absolute atomic E-state index is 14.2. The number of methoxy groups -OCH3 is 1. The van der Waals surface area contributed by atoms with E-state index in [0.29, 0.717) is 5.56 Å². The van der Waals surface area contributed by atoms with Crippen LogP contribution in [0, 0.1) is 12.8 Å². The normalized spacial score (nSPS) is 16.1. The van der Waals surface area contributed by atoms with Gasteiger partial charge in [-0.3, -0.25) is 9.00 Å². The number of benzene rings is 3. The molecule has 0 saturated carbocycles. The number of ether oxygens (including phenoxy) is 1. The Kier molecular flexibility index (Phi) is 9.22. The number of hydrogen-bond donors (Lipinski definition) is 1. The van der Waals surface area contributed by atoms with Crippen LogP contribution in [0.3, 0.4) is 0 Å². The third kappa shape index (κ3) is 7.00. The van der Waals surface area contributed by atoms with Gasteiger partial charge in [-0.2, -0.15) is 0 Å². The van der Waals surface area contributed by atoms with Crippen molar-refractivity contribution in [1.82, 2.24) is 0 Å². The van der Waals surface area contributed by atoms with Gasteiger partial charge in [-0.05, 0) is 36.2 Å². The quantitative estimate of drug-likeness (QED) is 0.265. The van der Waals surface area contributed by atoms with Crippen molar-refractivity contribution < 1.29 is 18.8 Å². The highest BCUT2D eigenvalue weighted by atomic mass is 32.2. The molecule has 3 aromatic carbocycles. The van der Waals surface area contributed by atoms with Crippen LogP contribution in [0.5, 0.6) is 0 Å². The van der Waals surface area contributed by atoms with Crippen LogP contribution in [0.1, 0.15) is 28.7 Å². The van der Waals surface area contributed by atoms with Crippen molar-refractivity contribution in [2.75, 3.05) is 7.11 Å². The average Bonchev–Trinajstić information content (AvgIpc) is 2.86. The minimum Gasteiger partial charge on any atom is -0.469 e. The first-order valence-corrected chi connectivity index (χ1v) is 16.9. The molecule has 35 heavy (non-hydrogen) atoms. The molecule has 0 radical (unpaired) electrons. The third-order valence-electron chi connectivity index (χ3n) is 6.27. The van der Waals surface area contributed by atoms with Crippen molar-refractivity contribution in [3.8, 4) is 0 Å². The molecule has 0 saturated heterocycles. The summed E-state index contributed by atoms with van der Waals surface area (Å²) in [6.07, 6.45) is -1.10. The van der Waals surface area contributed by atoms with E-state index in [1.54, 1.807) is 0 Å². The predicted octanol–water partition coefficient (Wildman–Crippen LogP) is 6.12. The Morgan fingerprint density at radius 1 is 0.886 bits per heavy atom. The molecule has 5 atom stereocenters. The van der Waals surface area contributed by atoms with Gasteiger partial charge in [0.1, 0.15) is 0 Å². The van der Waals surface area contributed by atoms with E-state index in [1.165, 1.54) is 7.11 Å². The fraction of sp³-hybridized carbons (Fsp3) is 0.345. The van der Waals surface area contributed by atoms with Gasteiger partial charge in [0.25, 0.3) is 0 Å². The van der Waals surface area contributed by atoms with Crippen LogP contribution in [0.2, 0.25) is 25.7 Å². The zero-order valence-corrected chi connectivity index (χ0v) is 23.0. The minimum absolute atomic E-state index is 0.380. The molecule has 0 aliphatic heterocycles. The summed E-state index contributed by atoms with van der Waals surface area (Å²) < 4.78 is 19.5. The largest absolute Gasteiger partial charge is 0.469 e. The van der Waals surface area contributed by atoms with Crippen LogP contribution in [-0.2, 0) is 20.3 Å². The predicted molar refractivity (Wildman–Crippen MR) is 146 cm³/mol. The second kappa shape index (κ2) is 11.9. The molecular formula is C29H36O4SSi. The zero-order valence-electron chi connectivity index (χ0n) is 21.2. The van der Waals surface area contributed by atoms with Gasteiger partial charge in [0, 0.05) is 24.1 Å². The standard InChI is InChI=1S/C29H36O4SSi/c1-21-16-18-24(19-17-21)34(32)25(20-35(3,4)5)26(22-12-8-6-9-13-22)27(29(31)33-2)28(30)23-14-10-7-11-15-23/h6-19,25-28,30H,20H2,1-5H3/t25-,26+,27+,28+,34?/m0/s1. The SMILES string of the molecule is COC(=O)[C@H]([C@H](c1ccccc1)[C@H](C[Si](C)(C)C)S(=O)c1ccc(C)cc1)[C@H](O)c1ccccc1. The van der Waals surface area contributed by atoms with Crippen molar-refractivity contribution in [3.05, 3.63) is 102 Å². The van der Waals surface area contributed by atoms with E-state index in [1.807, 2.05) is 91.9 Å². The summed E-state index contributed by atoms with van der Waals surface area (Å²) in [5.74, 6) is -1.93. The Balaban J connectivity index is 2.21. The van der Waals surface area contributed by atoms with Gasteiger partial charge in [0.2, 0.25) is 0 Å². The van der Waals surface area contributed by atoms with Gasteiger partial charge in [-0.15, -0.1) is 0 Å². The number of aliphatic hydroxyl groups is 1. The Hall–Kier alpha value is -2.54. The minimum atomic E-state index is -1.75. The van der Waals surface area contributed by atoms with Crippen molar-refractivity contribution in [1.29, 1.82) is 0 Å². The summed E-state index contributed by atoms with van der Waals surface area (Å²) in [6.45, 7) is 8.74. The lowest BCUT2D eigenvalue weighted by Gasteiger charge is -2.37. The molecular weight excluding hydrogens is 472 g/mol. The van der Waals surface area contributed by atoms with E-state index in [9.17, 15) is 14.1 Å². The van der Waals surface area contributed by atoms with Crippen LogP contribution in [0.25, 0.3) is 0 Å². The number of rotatable bonds is 10. The molecule has 0 heterocycles. The first kappa shape index (κ1) is 27.1. The molecule has 3 rings (SSSR count). The van der Waals surface area contributed by atoms with Gasteiger partial charge in [-0.1, -0.05) is 98.0 Å². The summed E-state index contributed by atoms with van der Waals surface area (Å²) in [6, 6.07) is 27.3. The smallest absolute Gasteiger partial charge is 0.312 e. The van der Waals surface area contributed by atoms with Crippen LogP contribution in [0.4, 0.5) is 0 Å². The Bertz CT molecular complexity index is 1110. The van der Waals surface area contributed by atoms with Gasteiger partial charge in [0.15, 0.2) is 0 Å². The number of aryl methyl sites for hydroxylation is 1. The van der Waals surface area contributed by atoms with E-state index in [4.69, 9.17) is 4.74 Å². The Morgan fingerprint density at radius 2 is 1.40 bits per heavy atom. The average molecular weight is 509 g/mol. The summed E-state index contributed by atoms with van der Waals surface area (Å²) in [5.41, 5.74) is 2.61. The summed E-state index contributed by atoms with van der Waals surface area (Å²) in [7, 11) is -1.81. The molecule has 1 unspecified atom stereocenters. The van der Waals surface area contributed by atoms with E-state index in [0.717, 1.165) is 22.1 Å². The van der Waals surface area contributed by atoms with E-state index < -0.39 is 42.8 Å². The lowest BCUT2D eigenvalue weighted by molar-refractivity contribution is -0.151. The zero-order chi connectivity index (χ0) is 25.6. The molecule has 0 aliphatic carbocycles. The fourth-order valence-electron chi connectivity index (χ4n) is 4.58.